The van der Waals surface area contributed by atoms with Gasteiger partial charge in [-0.3, -0.25) is 4.90 Å². The van der Waals surface area contributed by atoms with Gasteiger partial charge in [0.1, 0.15) is 12.4 Å². The molecule has 116 valence electrons. The van der Waals surface area contributed by atoms with E-state index in [0.717, 1.165) is 25.2 Å². The second-order valence-corrected chi connectivity index (χ2v) is 4.66. The predicted molar refractivity (Wildman–Crippen MR) is 71.1 cm³/mol. The van der Waals surface area contributed by atoms with E-state index in [1.54, 1.807) is 0 Å². The highest BCUT2D eigenvalue weighted by Gasteiger charge is 2.19. The standard InChI is InChI=1S/C14H17F2NO4/c15-13(16)12-9-10(1-2-11(12)14(18)19)21-8-5-17-3-6-20-7-4-17/h1-2,9,13H,3-8H2,(H,18,19). The Labute approximate surface area is 121 Å². The molecule has 1 saturated heterocycles. The molecule has 1 aliphatic rings. The highest BCUT2D eigenvalue weighted by atomic mass is 19.3. The van der Waals surface area contributed by atoms with Gasteiger partial charge in [-0.25, -0.2) is 13.6 Å². The summed E-state index contributed by atoms with van der Waals surface area (Å²) in [4.78, 5) is 13.0. The number of hydrogen-bond acceptors (Lipinski definition) is 4. The maximum Gasteiger partial charge on any atom is 0.336 e. The van der Waals surface area contributed by atoms with E-state index < -0.39 is 23.5 Å². The molecule has 0 amide bonds. The largest absolute Gasteiger partial charge is 0.492 e. The number of carboxylic acids is 1. The van der Waals surface area contributed by atoms with Crippen LogP contribution in [0.15, 0.2) is 18.2 Å². The Morgan fingerprint density at radius 3 is 2.71 bits per heavy atom. The molecular formula is C14H17F2NO4. The molecule has 0 spiro atoms. The van der Waals surface area contributed by atoms with Crippen LogP contribution in [0.1, 0.15) is 22.3 Å². The van der Waals surface area contributed by atoms with Crippen LogP contribution in [-0.4, -0.2) is 55.4 Å². The maximum absolute atomic E-state index is 12.8. The Kier molecular flexibility index (Phi) is 5.46. The zero-order valence-corrected chi connectivity index (χ0v) is 11.4. The lowest BCUT2D eigenvalue weighted by molar-refractivity contribution is 0.0322. The van der Waals surface area contributed by atoms with Gasteiger partial charge in [0.2, 0.25) is 0 Å². The van der Waals surface area contributed by atoms with Gasteiger partial charge in [-0.05, 0) is 18.2 Å². The zero-order valence-electron chi connectivity index (χ0n) is 11.4. The average molecular weight is 301 g/mol. The Morgan fingerprint density at radius 2 is 2.10 bits per heavy atom. The summed E-state index contributed by atoms with van der Waals surface area (Å²) in [6.45, 7) is 4.04. The van der Waals surface area contributed by atoms with Crippen molar-refractivity contribution in [1.82, 2.24) is 4.90 Å². The fraction of sp³-hybridized carbons (Fsp3) is 0.500. The molecular weight excluding hydrogens is 284 g/mol. The lowest BCUT2D eigenvalue weighted by Gasteiger charge is -2.26. The van der Waals surface area contributed by atoms with Gasteiger partial charge in [-0.15, -0.1) is 0 Å². The number of morpholine rings is 1. The molecule has 0 unspecified atom stereocenters. The number of carboxylic acid groups (broad SMARTS) is 1. The highest BCUT2D eigenvalue weighted by Crippen LogP contribution is 2.27. The Balaban J connectivity index is 1.93. The van der Waals surface area contributed by atoms with Gasteiger partial charge in [0.15, 0.2) is 0 Å². The van der Waals surface area contributed by atoms with Crippen LogP contribution in [0.5, 0.6) is 5.75 Å². The van der Waals surface area contributed by atoms with E-state index in [0.29, 0.717) is 26.4 Å². The van der Waals surface area contributed by atoms with E-state index in [-0.39, 0.29) is 5.75 Å². The molecule has 1 heterocycles. The minimum atomic E-state index is -2.85. The molecule has 1 aromatic rings. The summed E-state index contributed by atoms with van der Waals surface area (Å²) in [5, 5.41) is 8.86. The van der Waals surface area contributed by atoms with E-state index in [4.69, 9.17) is 14.6 Å². The van der Waals surface area contributed by atoms with Crippen molar-refractivity contribution in [3.63, 3.8) is 0 Å². The highest BCUT2D eigenvalue weighted by molar-refractivity contribution is 5.89. The smallest absolute Gasteiger partial charge is 0.336 e. The Bertz CT molecular complexity index is 490. The SMILES string of the molecule is O=C(O)c1ccc(OCCN2CCOCC2)cc1C(F)F. The molecule has 0 bridgehead atoms. The van der Waals surface area contributed by atoms with E-state index in [9.17, 15) is 13.6 Å². The van der Waals surface area contributed by atoms with E-state index >= 15 is 0 Å². The number of alkyl halides is 2. The first-order valence-electron chi connectivity index (χ1n) is 6.66. The predicted octanol–water partition coefficient (Wildman–Crippen LogP) is 2.03. The number of hydrogen-bond donors (Lipinski definition) is 1. The summed E-state index contributed by atoms with van der Waals surface area (Å²) in [7, 11) is 0. The van der Waals surface area contributed by atoms with E-state index in [1.807, 2.05) is 0 Å². The molecule has 1 aromatic carbocycles. The molecule has 0 saturated carbocycles. The number of rotatable bonds is 6. The molecule has 0 aliphatic carbocycles. The summed E-state index contributed by atoms with van der Waals surface area (Å²) < 4.78 is 36.3. The van der Waals surface area contributed by atoms with Crippen LogP contribution in [0.25, 0.3) is 0 Å². The molecule has 0 atom stereocenters. The third-order valence-corrected chi connectivity index (χ3v) is 3.27. The molecule has 21 heavy (non-hydrogen) atoms. The summed E-state index contributed by atoms with van der Waals surface area (Å²) >= 11 is 0. The van der Waals surface area contributed by atoms with E-state index in [2.05, 4.69) is 4.90 Å². The zero-order chi connectivity index (χ0) is 15.2. The first-order chi connectivity index (χ1) is 10.1. The van der Waals surface area contributed by atoms with Crippen molar-refractivity contribution in [2.75, 3.05) is 39.5 Å². The summed E-state index contributed by atoms with van der Waals surface area (Å²) in [5.41, 5.74) is -0.920. The van der Waals surface area contributed by atoms with Crippen molar-refractivity contribution < 1.29 is 28.2 Å². The first-order valence-corrected chi connectivity index (χ1v) is 6.66. The molecule has 5 nitrogen and oxygen atoms in total. The van der Waals surface area contributed by atoms with Gasteiger partial charge in [0.25, 0.3) is 6.43 Å². The van der Waals surface area contributed by atoms with E-state index in [1.165, 1.54) is 6.07 Å². The number of halogens is 2. The lowest BCUT2D eigenvalue weighted by atomic mass is 10.1. The van der Waals surface area contributed by atoms with Crippen LogP contribution in [0.3, 0.4) is 0 Å². The number of nitrogens with zero attached hydrogens (tertiary/aromatic N) is 1. The molecule has 0 radical (unpaired) electrons. The van der Waals surface area contributed by atoms with Crippen LogP contribution in [-0.2, 0) is 4.74 Å². The fourth-order valence-corrected chi connectivity index (χ4v) is 2.12. The van der Waals surface area contributed by atoms with Crippen molar-refractivity contribution >= 4 is 5.97 Å². The molecule has 0 aromatic heterocycles. The monoisotopic (exact) mass is 301 g/mol. The molecule has 1 N–H and O–H groups in total. The quantitative estimate of drug-likeness (QED) is 0.871. The van der Waals surface area contributed by atoms with Crippen LogP contribution < -0.4 is 4.74 Å². The van der Waals surface area contributed by atoms with Crippen molar-refractivity contribution in [2.24, 2.45) is 0 Å². The van der Waals surface area contributed by atoms with Crippen molar-refractivity contribution in [3.8, 4) is 5.75 Å². The molecule has 2 rings (SSSR count). The van der Waals surface area contributed by atoms with Gasteiger partial charge < -0.3 is 14.6 Å². The van der Waals surface area contributed by atoms with Crippen LogP contribution >= 0.6 is 0 Å². The maximum atomic E-state index is 12.8. The van der Waals surface area contributed by atoms with Gasteiger partial charge >= 0.3 is 5.97 Å². The van der Waals surface area contributed by atoms with Gasteiger partial charge in [0.05, 0.1) is 18.8 Å². The third-order valence-electron chi connectivity index (χ3n) is 3.27. The van der Waals surface area contributed by atoms with Crippen molar-refractivity contribution in [1.29, 1.82) is 0 Å². The Morgan fingerprint density at radius 1 is 1.38 bits per heavy atom. The van der Waals surface area contributed by atoms with Crippen LogP contribution in [0.2, 0.25) is 0 Å². The fourth-order valence-electron chi connectivity index (χ4n) is 2.12. The first kappa shape index (κ1) is 15.7. The number of ether oxygens (including phenoxy) is 2. The minimum Gasteiger partial charge on any atom is -0.492 e. The van der Waals surface area contributed by atoms with Gasteiger partial charge in [-0.2, -0.15) is 0 Å². The summed E-state index contributed by atoms with van der Waals surface area (Å²) in [6, 6.07) is 3.63. The minimum absolute atomic E-state index is 0.253. The molecule has 7 heteroatoms. The molecule has 1 fully saturated rings. The average Bonchev–Trinajstić information content (AvgIpc) is 2.48. The van der Waals surface area contributed by atoms with Crippen LogP contribution in [0, 0.1) is 0 Å². The number of benzene rings is 1. The van der Waals surface area contributed by atoms with Crippen molar-refractivity contribution in [2.45, 2.75) is 6.43 Å². The van der Waals surface area contributed by atoms with Crippen molar-refractivity contribution in [3.05, 3.63) is 29.3 Å². The Hall–Kier alpha value is -1.73. The number of carbonyl (C=O) groups is 1. The van der Waals surface area contributed by atoms with Gasteiger partial charge in [0, 0.05) is 25.2 Å². The number of aromatic carboxylic acids is 1. The summed E-state index contributed by atoms with van der Waals surface area (Å²) in [6.07, 6.45) is -2.85. The molecule has 1 aliphatic heterocycles. The van der Waals surface area contributed by atoms with Gasteiger partial charge in [-0.1, -0.05) is 0 Å². The second kappa shape index (κ2) is 7.33. The van der Waals surface area contributed by atoms with Crippen LogP contribution in [0.4, 0.5) is 8.78 Å². The second-order valence-electron chi connectivity index (χ2n) is 4.66. The topological polar surface area (TPSA) is 59.0 Å². The lowest BCUT2D eigenvalue weighted by Crippen LogP contribution is -2.38. The summed E-state index contributed by atoms with van der Waals surface area (Å²) in [5.74, 6) is -1.12. The normalized spacial score (nSPS) is 16.1. The third kappa shape index (κ3) is 4.37.